The number of nitrogens with zero attached hydrogens (tertiary/aromatic N) is 1. The lowest BCUT2D eigenvalue weighted by Gasteiger charge is -2.29. The molecule has 0 saturated carbocycles. The number of phosphoric ester groups is 1. The summed E-state index contributed by atoms with van der Waals surface area (Å²) in [5.74, 6) is -0.210. The van der Waals surface area contributed by atoms with E-state index in [1.54, 1.807) is 6.08 Å². The standard InChI is InChI=1S/C77H135N2O6P/c1-6-8-10-12-14-16-18-20-22-24-26-28-30-31-32-33-34-35-36-37-38-39-40-41-42-43-44-45-46-47-49-51-53-55-57-59-61-63-65-67-69-71-77(81)78-75(74-85-86(82,83)84-73-72-79(3,4)5)76(80)70-68-66-64-62-60-58-56-54-52-50-48-29-27-25-23-21-19-17-15-13-11-9-7-2/h8,10,14,16,20,22,26,28,31-32,34-35,37-38,40-41,43-44,60,62,68,70,75-76,80H,6-7,9,11-13,15,17-19,21,23-25,27,29-30,33,36,39,42,45-59,61,63-67,69,71-74H2,1-5H3,(H-,78,81,82,83)/b10-8-,16-14-,22-20-,28-26-,32-31-,35-34-,38-37-,41-40-,44-43-,62-60+,70-68+. The molecule has 494 valence electrons. The molecule has 0 bridgehead atoms. The monoisotopic (exact) mass is 1220 g/mol. The molecule has 0 aromatic carbocycles. The smallest absolute Gasteiger partial charge is 0.268 e. The summed E-state index contributed by atoms with van der Waals surface area (Å²) in [6.07, 6.45) is 100. The van der Waals surface area contributed by atoms with Gasteiger partial charge in [0, 0.05) is 6.42 Å². The maximum Gasteiger partial charge on any atom is 0.268 e. The lowest BCUT2D eigenvalue weighted by Crippen LogP contribution is -2.45. The van der Waals surface area contributed by atoms with Crippen LogP contribution in [0.5, 0.6) is 0 Å². The highest BCUT2D eigenvalue weighted by molar-refractivity contribution is 7.45. The maximum absolute atomic E-state index is 13.0. The molecule has 8 nitrogen and oxygen atoms in total. The van der Waals surface area contributed by atoms with Gasteiger partial charge in [-0.15, -0.1) is 0 Å². The number of carbonyl (C=O) groups is 1. The number of carbonyl (C=O) groups excluding carboxylic acids is 1. The van der Waals surface area contributed by atoms with E-state index in [1.807, 2.05) is 27.2 Å². The van der Waals surface area contributed by atoms with E-state index in [1.165, 1.54) is 180 Å². The maximum atomic E-state index is 13.0. The van der Waals surface area contributed by atoms with Gasteiger partial charge in [0.15, 0.2) is 0 Å². The highest BCUT2D eigenvalue weighted by Gasteiger charge is 2.23. The lowest BCUT2D eigenvalue weighted by molar-refractivity contribution is -0.870. The van der Waals surface area contributed by atoms with Crippen LogP contribution in [0.2, 0.25) is 0 Å². The second-order valence-corrected chi connectivity index (χ2v) is 26.3. The van der Waals surface area contributed by atoms with E-state index < -0.39 is 26.6 Å². The van der Waals surface area contributed by atoms with Gasteiger partial charge in [-0.05, 0) is 103 Å². The quantitative estimate of drug-likeness (QED) is 0.0272. The summed E-state index contributed by atoms with van der Waals surface area (Å²) in [5, 5.41) is 13.9. The number of phosphoric acid groups is 1. The van der Waals surface area contributed by atoms with Gasteiger partial charge >= 0.3 is 0 Å². The molecular formula is C77H135N2O6P. The number of likely N-dealkylation sites (N-methyl/N-ethyl adjacent to an activating group) is 1. The molecule has 9 heteroatoms. The Kier molecular flexibility index (Phi) is 63.5. The van der Waals surface area contributed by atoms with Gasteiger partial charge in [0.2, 0.25) is 5.91 Å². The van der Waals surface area contributed by atoms with E-state index in [0.29, 0.717) is 17.4 Å². The number of allylic oxidation sites excluding steroid dienone is 21. The van der Waals surface area contributed by atoms with Crippen LogP contribution in [0, 0.1) is 0 Å². The summed E-state index contributed by atoms with van der Waals surface area (Å²) < 4.78 is 23.4. The molecule has 0 rings (SSSR count). The fourth-order valence-electron chi connectivity index (χ4n) is 9.87. The van der Waals surface area contributed by atoms with Crippen molar-refractivity contribution >= 4 is 13.7 Å². The molecule has 0 aliphatic rings. The Balaban J connectivity index is 4.10. The molecule has 0 heterocycles. The third-order valence-electron chi connectivity index (χ3n) is 15.3. The Morgan fingerprint density at radius 2 is 0.721 bits per heavy atom. The first-order valence-electron chi connectivity index (χ1n) is 35.5. The zero-order chi connectivity index (χ0) is 62.6. The molecule has 0 spiro atoms. The van der Waals surface area contributed by atoms with E-state index in [-0.39, 0.29) is 12.5 Å². The number of aliphatic hydroxyl groups excluding tert-OH is 1. The first-order chi connectivity index (χ1) is 42.0. The number of aliphatic hydroxyl groups is 1. The van der Waals surface area contributed by atoms with Crippen molar-refractivity contribution in [1.29, 1.82) is 0 Å². The average Bonchev–Trinajstić information content (AvgIpc) is 3.70. The predicted molar refractivity (Wildman–Crippen MR) is 375 cm³/mol. The van der Waals surface area contributed by atoms with Crippen LogP contribution >= 0.6 is 7.82 Å². The van der Waals surface area contributed by atoms with Gasteiger partial charge in [0.05, 0.1) is 39.9 Å². The van der Waals surface area contributed by atoms with Gasteiger partial charge in [-0.1, -0.05) is 321 Å². The predicted octanol–water partition coefficient (Wildman–Crippen LogP) is 22.4. The van der Waals surface area contributed by atoms with Crippen molar-refractivity contribution in [2.75, 3.05) is 40.9 Å². The zero-order valence-electron chi connectivity index (χ0n) is 56.5. The summed E-state index contributed by atoms with van der Waals surface area (Å²) in [5.41, 5.74) is 0. The van der Waals surface area contributed by atoms with Gasteiger partial charge in [0.25, 0.3) is 7.82 Å². The number of unbranched alkanes of at least 4 members (excludes halogenated alkanes) is 31. The summed E-state index contributed by atoms with van der Waals surface area (Å²) >= 11 is 0. The third kappa shape index (κ3) is 68.1. The molecule has 0 aliphatic heterocycles. The minimum Gasteiger partial charge on any atom is -0.756 e. The summed E-state index contributed by atoms with van der Waals surface area (Å²) in [6, 6.07) is -0.913. The molecule has 2 N–H and O–H groups in total. The summed E-state index contributed by atoms with van der Waals surface area (Å²) in [6.45, 7) is 4.53. The third-order valence-corrected chi connectivity index (χ3v) is 16.3. The molecule has 3 unspecified atom stereocenters. The Hall–Kier alpha value is -3.36. The lowest BCUT2D eigenvalue weighted by atomic mass is 10.0. The highest BCUT2D eigenvalue weighted by atomic mass is 31.2. The van der Waals surface area contributed by atoms with Crippen LogP contribution in [0.3, 0.4) is 0 Å². The minimum absolute atomic E-state index is 0.0112. The van der Waals surface area contributed by atoms with Crippen molar-refractivity contribution in [3.05, 3.63) is 134 Å². The highest BCUT2D eigenvalue weighted by Crippen LogP contribution is 2.38. The van der Waals surface area contributed by atoms with Crippen molar-refractivity contribution in [1.82, 2.24) is 5.32 Å². The van der Waals surface area contributed by atoms with E-state index in [4.69, 9.17) is 9.05 Å². The fourth-order valence-corrected chi connectivity index (χ4v) is 10.6. The van der Waals surface area contributed by atoms with Crippen LogP contribution < -0.4 is 10.2 Å². The molecule has 1 amide bonds. The van der Waals surface area contributed by atoms with E-state index in [2.05, 4.69) is 141 Å². The fraction of sp³-hybridized carbons (Fsp3) is 0.701. The minimum atomic E-state index is -4.62. The van der Waals surface area contributed by atoms with Gasteiger partial charge in [-0.3, -0.25) is 9.36 Å². The molecule has 0 aliphatic carbocycles. The number of hydrogen-bond acceptors (Lipinski definition) is 6. The number of rotatable bonds is 64. The van der Waals surface area contributed by atoms with Crippen LogP contribution in [-0.4, -0.2) is 68.5 Å². The summed E-state index contributed by atoms with van der Waals surface area (Å²) in [7, 11) is 1.24. The Morgan fingerprint density at radius 1 is 0.419 bits per heavy atom. The first kappa shape index (κ1) is 82.6. The van der Waals surface area contributed by atoms with Crippen LogP contribution in [0.25, 0.3) is 0 Å². The number of amides is 1. The topological polar surface area (TPSA) is 108 Å². The molecular weight excluding hydrogens is 1080 g/mol. The normalized spacial score (nSPS) is 14.5. The number of quaternary nitrogens is 1. The SMILES string of the molecule is CC/C=C\C/C=C\C/C=C\C/C=C\C/C=C\C/C=C\C/C=C\C/C=C\C/C=C\CCCCCCCCCCCCCCCC(=O)NC(COP(=O)([O-])OCC[N+](C)(C)C)C(O)/C=C/CC/C=C/CCCCCCCCCCCCCCCCCCC. The second kappa shape index (κ2) is 66.1. The molecule has 86 heavy (non-hydrogen) atoms. The number of hydrogen-bond donors (Lipinski definition) is 2. The van der Waals surface area contributed by atoms with Crippen LogP contribution in [0.15, 0.2) is 134 Å². The van der Waals surface area contributed by atoms with Gasteiger partial charge in [0.1, 0.15) is 13.2 Å². The van der Waals surface area contributed by atoms with Crippen molar-refractivity contribution in [3.8, 4) is 0 Å². The zero-order valence-corrected chi connectivity index (χ0v) is 57.4. The van der Waals surface area contributed by atoms with E-state index >= 15 is 0 Å². The number of nitrogens with one attached hydrogen (secondary N) is 1. The molecule has 0 radical (unpaired) electrons. The first-order valence-corrected chi connectivity index (χ1v) is 37.0. The van der Waals surface area contributed by atoms with Gasteiger partial charge in [-0.2, -0.15) is 0 Å². The molecule has 0 aromatic heterocycles. The Labute approximate surface area is 532 Å². The summed E-state index contributed by atoms with van der Waals surface area (Å²) in [4.78, 5) is 25.6. The van der Waals surface area contributed by atoms with Crippen molar-refractivity contribution in [3.63, 3.8) is 0 Å². The van der Waals surface area contributed by atoms with Crippen molar-refractivity contribution in [2.45, 2.75) is 309 Å². The van der Waals surface area contributed by atoms with Crippen LogP contribution in [0.4, 0.5) is 0 Å². The van der Waals surface area contributed by atoms with E-state index in [0.717, 1.165) is 96.3 Å². The van der Waals surface area contributed by atoms with Crippen molar-refractivity contribution < 1.29 is 32.9 Å². The van der Waals surface area contributed by atoms with E-state index in [9.17, 15) is 19.4 Å². The largest absolute Gasteiger partial charge is 0.756 e. The Morgan fingerprint density at radius 3 is 1.08 bits per heavy atom. The Bertz CT molecular complexity index is 1870. The van der Waals surface area contributed by atoms with Crippen LogP contribution in [-0.2, 0) is 18.4 Å². The molecule has 0 aromatic rings. The van der Waals surface area contributed by atoms with Crippen LogP contribution in [0.1, 0.15) is 296 Å². The molecule has 3 atom stereocenters. The van der Waals surface area contributed by atoms with Crippen molar-refractivity contribution in [2.24, 2.45) is 0 Å². The second-order valence-electron chi connectivity index (χ2n) is 24.8. The average molecular weight is 1220 g/mol. The van der Waals surface area contributed by atoms with Gasteiger partial charge in [-0.25, -0.2) is 0 Å². The molecule has 0 saturated heterocycles. The molecule has 0 fully saturated rings. The van der Waals surface area contributed by atoms with Gasteiger partial charge < -0.3 is 28.8 Å².